The van der Waals surface area contributed by atoms with Crippen molar-refractivity contribution >= 4 is 17.8 Å². The van der Waals surface area contributed by atoms with Crippen LogP contribution in [0.5, 0.6) is 0 Å². The first-order valence-electron chi connectivity index (χ1n) is 7.71. The molecule has 0 bridgehead atoms. The van der Waals surface area contributed by atoms with Crippen LogP contribution in [0.15, 0.2) is 22.8 Å². The van der Waals surface area contributed by atoms with Gasteiger partial charge in [0.05, 0.1) is 13.4 Å². The van der Waals surface area contributed by atoms with Crippen LogP contribution >= 0.6 is 0 Å². The Bertz CT molecular complexity index is 555. The van der Waals surface area contributed by atoms with Crippen LogP contribution in [0.1, 0.15) is 36.2 Å². The minimum absolute atomic E-state index is 0.104. The molecule has 7 heteroatoms. The largest absolute Gasteiger partial charge is 0.469 e. The number of rotatable bonds is 6. The van der Waals surface area contributed by atoms with Gasteiger partial charge >= 0.3 is 5.97 Å². The first kappa shape index (κ1) is 17.1. The number of carbonyl (C=O) groups is 3. The Morgan fingerprint density at radius 3 is 2.87 bits per heavy atom. The van der Waals surface area contributed by atoms with Crippen molar-refractivity contribution in [3.05, 3.63) is 24.2 Å². The molecule has 1 saturated heterocycles. The van der Waals surface area contributed by atoms with Crippen LogP contribution in [0.4, 0.5) is 0 Å². The third kappa shape index (κ3) is 4.12. The minimum Gasteiger partial charge on any atom is -0.469 e. The molecule has 0 aromatic carbocycles. The van der Waals surface area contributed by atoms with Crippen molar-refractivity contribution in [2.75, 3.05) is 27.2 Å². The average molecular weight is 322 g/mol. The van der Waals surface area contributed by atoms with Crippen molar-refractivity contribution in [1.82, 2.24) is 9.80 Å². The van der Waals surface area contributed by atoms with Crippen molar-refractivity contribution in [2.24, 2.45) is 0 Å². The number of amides is 2. The molecule has 23 heavy (non-hydrogen) atoms. The zero-order valence-electron chi connectivity index (χ0n) is 13.5. The lowest BCUT2D eigenvalue weighted by molar-refractivity contribution is -0.141. The molecule has 2 rings (SSSR count). The highest BCUT2D eigenvalue weighted by molar-refractivity contribution is 5.95. The maximum Gasteiger partial charge on any atom is 0.305 e. The van der Waals surface area contributed by atoms with E-state index in [0.29, 0.717) is 25.9 Å². The summed E-state index contributed by atoms with van der Waals surface area (Å²) in [6.07, 6.45) is 3.69. The van der Waals surface area contributed by atoms with E-state index in [0.717, 1.165) is 6.42 Å². The topological polar surface area (TPSA) is 80.1 Å². The lowest BCUT2D eigenvalue weighted by Gasteiger charge is -2.27. The Kier molecular flexibility index (Phi) is 5.78. The van der Waals surface area contributed by atoms with Crippen LogP contribution in [0.2, 0.25) is 0 Å². The summed E-state index contributed by atoms with van der Waals surface area (Å²) in [7, 11) is 3.03. The van der Waals surface area contributed by atoms with Crippen molar-refractivity contribution < 1.29 is 23.5 Å². The van der Waals surface area contributed by atoms with Crippen LogP contribution in [0.3, 0.4) is 0 Å². The predicted octanol–water partition coefficient (Wildman–Crippen LogP) is 1.30. The van der Waals surface area contributed by atoms with E-state index in [1.165, 1.54) is 13.4 Å². The van der Waals surface area contributed by atoms with Crippen LogP contribution < -0.4 is 0 Å². The highest BCUT2D eigenvalue weighted by Crippen LogP contribution is 2.22. The Morgan fingerprint density at radius 1 is 1.43 bits per heavy atom. The highest BCUT2D eigenvalue weighted by Gasteiger charge is 2.36. The molecule has 1 aliphatic rings. The Hall–Kier alpha value is -2.31. The summed E-state index contributed by atoms with van der Waals surface area (Å²) in [6.45, 7) is 0.999. The monoisotopic (exact) mass is 322 g/mol. The summed E-state index contributed by atoms with van der Waals surface area (Å²) in [4.78, 5) is 39.2. The van der Waals surface area contributed by atoms with Gasteiger partial charge in [-0.25, -0.2) is 0 Å². The normalized spacial score (nSPS) is 17.1. The molecule has 2 heterocycles. The Morgan fingerprint density at radius 2 is 2.22 bits per heavy atom. The lowest BCUT2D eigenvalue weighted by atomic mass is 10.2. The number of likely N-dealkylation sites (N-methyl/N-ethyl adjacent to an activating group) is 1. The molecule has 1 atom stereocenters. The number of likely N-dealkylation sites (tertiary alicyclic amines) is 1. The van der Waals surface area contributed by atoms with Gasteiger partial charge < -0.3 is 19.0 Å². The van der Waals surface area contributed by atoms with Gasteiger partial charge in [0, 0.05) is 26.6 Å². The first-order valence-corrected chi connectivity index (χ1v) is 7.71. The van der Waals surface area contributed by atoms with E-state index in [2.05, 4.69) is 4.74 Å². The van der Waals surface area contributed by atoms with E-state index in [-0.39, 0.29) is 30.0 Å². The molecule has 1 unspecified atom stereocenters. The number of nitrogens with zero attached hydrogens (tertiary/aromatic N) is 2. The number of hydrogen-bond donors (Lipinski definition) is 0. The first-order chi connectivity index (χ1) is 11.0. The van der Waals surface area contributed by atoms with Crippen molar-refractivity contribution in [1.29, 1.82) is 0 Å². The molecule has 1 fully saturated rings. The van der Waals surface area contributed by atoms with Crippen LogP contribution in [-0.2, 0) is 14.3 Å². The summed E-state index contributed by atoms with van der Waals surface area (Å²) >= 11 is 0. The van der Waals surface area contributed by atoms with Crippen molar-refractivity contribution in [2.45, 2.75) is 31.7 Å². The number of esters is 1. The second kappa shape index (κ2) is 7.80. The molecule has 0 N–H and O–H groups in total. The van der Waals surface area contributed by atoms with Gasteiger partial charge in [-0.15, -0.1) is 0 Å². The lowest BCUT2D eigenvalue weighted by Crippen LogP contribution is -2.46. The molecule has 0 spiro atoms. The number of carbonyl (C=O) groups excluding carboxylic acids is 3. The fourth-order valence-electron chi connectivity index (χ4n) is 2.74. The second-order valence-electron chi connectivity index (χ2n) is 5.57. The second-order valence-corrected chi connectivity index (χ2v) is 5.57. The van der Waals surface area contributed by atoms with Gasteiger partial charge in [-0.3, -0.25) is 14.4 Å². The molecule has 2 amide bonds. The van der Waals surface area contributed by atoms with E-state index in [1.54, 1.807) is 29.0 Å². The Labute approximate surface area is 135 Å². The summed E-state index contributed by atoms with van der Waals surface area (Å²) < 4.78 is 9.71. The summed E-state index contributed by atoms with van der Waals surface area (Å²) in [5.41, 5.74) is 0. The summed E-state index contributed by atoms with van der Waals surface area (Å²) in [5.74, 6) is -0.402. The van der Waals surface area contributed by atoms with Crippen molar-refractivity contribution in [3.63, 3.8) is 0 Å². The van der Waals surface area contributed by atoms with Crippen LogP contribution in [0, 0.1) is 0 Å². The summed E-state index contributed by atoms with van der Waals surface area (Å²) in [6, 6.07) is 2.79. The average Bonchev–Trinajstić information content (AvgIpc) is 3.24. The Balaban J connectivity index is 1.92. The molecule has 1 aromatic heterocycles. The molecule has 0 radical (unpaired) electrons. The molecule has 126 valence electrons. The number of ether oxygens (including phenoxy) is 1. The SMILES string of the molecule is COC(=O)CCCN(C)C(=O)C1CCCN1C(=O)c1ccco1. The quantitative estimate of drug-likeness (QED) is 0.737. The van der Waals surface area contributed by atoms with Gasteiger partial charge in [0.2, 0.25) is 5.91 Å². The van der Waals surface area contributed by atoms with Gasteiger partial charge in [-0.05, 0) is 31.4 Å². The van der Waals surface area contributed by atoms with Crippen molar-refractivity contribution in [3.8, 4) is 0 Å². The molecule has 1 aliphatic heterocycles. The fourth-order valence-corrected chi connectivity index (χ4v) is 2.74. The van der Waals surface area contributed by atoms with E-state index < -0.39 is 6.04 Å². The number of furan rings is 1. The van der Waals surface area contributed by atoms with Gasteiger partial charge in [-0.2, -0.15) is 0 Å². The fraction of sp³-hybridized carbons (Fsp3) is 0.562. The van der Waals surface area contributed by atoms with E-state index in [9.17, 15) is 14.4 Å². The highest BCUT2D eigenvalue weighted by atomic mass is 16.5. The smallest absolute Gasteiger partial charge is 0.305 e. The van der Waals surface area contributed by atoms with Gasteiger partial charge in [0.15, 0.2) is 5.76 Å². The van der Waals surface area contributed by atoms with E-state index >= 15 is 0 Å². The third-order valence-corrected chi connectivity index (χ3v) is 4.01. The standard InChI is InChI=1S/C16H22N2O5/c1-17(9-4-8-14(19)22-2)15(20)12-6-3-10-18(12)16(21)13-7-5-11-23-13/h5,7,11-12H,3-4,6,8-10H2,1-2H3. The summed E-state index contributed by atoms with van der Waals surface area (Å²) in [5, 5.41) is 0. The van der Waals surface area contributed by atoms with Gasteiger partial charge in [0.1, 0.15) is 6.04 Å². The third-order valence-electron chi connectivity index (χ3n) is 4.01. The van der Waals surface area contributed by atoms with E-state index in [1.807, 2.05) is 0 Å². The molecule has 0 saturated carbocycles. The van der Waals surface area contributed by atoms with Gasteiger partial charge in [0.25, 0.3) is 5.91 Å². The number of hydrogen-bond acceptors (Lipinski definition) is 5. The molecule has 1 aromatic rings. The number of methoxy groups -OCH3 is 1. The maximum atomic E-state index is 12.6. The molecule has 7 nitrogen and oxygen atoms in total. The van der Waals surface area contributed by atoms with Gasteiger partial charge in [-0.1, -0.05) is 0 Å². The van der Waals surface area contributed by atoms with Crippen LogP contribution in [-0.4, -0.2) is 60.9 Å². The van der Waals surface area contributed by atoms with Crippen LogP contribution in [0.25, 0.3) is 0 Å². The maximum absolute atomic E-state index is 12.6. The van der Waals surface area contributed by atoms with E-state index in [4.69, 9.17) is 4.42 Å². The molecule has 0 aliphatic carbocycles. The molecular formula is C16H22N2O5. The zero-order valence-corrected chi connectivity index (χ0v) is 13.5. The molecular weight excluding hydrogens is 300 g/mol. The minimum atomic E-state index is -0.462. The zero-order chi connectivity index (χ0) is 16.8. The predicted molar refractivity (Wildman–Crippen MR) is 81.7 cm³/mol.